The first-order valence-electron chi connectivity index (χ1n) is 5.90. The lowest BCUT2D eigenvalue weighted by molar-refractivity contribution is -0.385. The van der Waals surface area contributed by atoms with Crippen molar-refractivity contribution < 1.29 is 14.1 Å². The van der Waals surface area contributed by atoms with E-state index in [0.717, 1.165) is 24.7 Å². The van der Waals surface area contributed by atoms with Crippen LogP contribution in [0.3, 0.4) is 0 Å². The Bertz CT molecular complexity index is 479. The molecular weight excluding hydrogens is 253 g/mol. The van der Waals surface area contributed by atoms with Crippen LogP contribution in [0.2, 0.25) is 0 Å². The number of nitro groups is 1. The van der Waals surface area contributed by atoms with Gasteiger partial charge in [0, 0.05) is 18.5 Å². The van der Waals surface area contributed by atoms with E-state index >= 15 is 0 Å². The smallest absolute Gasteiger partial charge is 0.274 e. The number of halogens is 1. The van der Waals surface area contributed by atoms with E-state index in [9.17, 15) is 19.3 Å². The molecule has 0 saturated carbocycles. The van der Waals surface area contributed by atoms with Crippen molar-refractivity contribution in [2.75, 3.05) is 18.4 Å². The molecule has 1 aromatic rings. The van der Waals surface area contributed by atoms with Crippen LogP contribution < -0.4 is 10.6 Å². The Balaban J connectivity index is 2.76. The molecule has 1 amide bonds. The lowest BCUT2D eigenvalue weighted by Crippen LogP contribution is -2.30. The number of hydrogen-bond donors (Lipinski definition) is 2. The van der Waals surface area contributed by atoms with E-state index in [4.69, 9.17) is 0 Å². The van der Waals surface area contributed by atoms with Gasteiger partial charge in [-0.1, -0.05) is 13.8 Å². The summed E-state index contributed by atoms with van der Waals surface area (Å²) >= 11 is 0. The zero-order chi connectivity index (χ0) is 14.4. The van der Waals surface area contributed by atoms with Crippen LogP contribution in [0, 0.1) is 21.8 Å². The second-order valence-corrected chi connectivity index (χ2v) is 4.15. The number of carbonyl (C=O) groups excluding carboxylic acids is 1. The zero-order valence-corrected chi connectivity index (χ0v) is 10.8. The summed E-state index contributed by atoms with van der Waals surface area (Å²) in [4.78, 5) is 21.6. The van der Waals surface area contributed by atoms with Gasteiger partial charge in [-0.05, 0) is 12.6 Å². The monoisotopic (exact) mass is 269 g/mol. The largest absolute Gasteiger partial charge is 0.325 e. The van der Waals surface area contributed by atoms with Gasteiger partial charge in [-0.15, -0.1) is 0 Å². The second-order valence-electron chi connectivity index (χ2n) is 4.15. The maximum Gasteiger partial charge on any atom is 0.274 e. The molecule has 1 aromatic carbocycles. The Labute approximate surface area is 110 Å². The number of anilines is 1. The van der Waals surface area contributed by atoms with Gasteiger partial charge in [0.1, 0.15) is 5.82 Å². The molecule has 1 rings (SSSR count). The van der Waals surface area contributed by atoms with E-state index in [2.05, 4.69) is 10.6 Å². The molecule has 0 heterocycles. The predicted octanol–water partition coefficient (Wildman–Crippen LogP) is 1.92. The van der Waals surface area contributed by atoms with Crippen molar-refractivity contribution in [3.05, 3.63) is 34.1 Å². The molecule has 19 heavy (non-hydrogen) atoms. The minimum Gasteiger partial charge on any atom is -0.325 e. The molecule has 1 unspecified atom stereocenters. The Hall–Kier alpha value is -2.02. The Morgan fingerprint density at radius 2 is 2.16 bits per heavy atom. The average Bonchev–Trinajstić information content (AvgIpc) is 2.34. The molecular formula is C12H16FN3O3. The maximum absolute atomic E-state index is 13.2. The Kier molecular flexibility index (Phi) is 5.37. The molecule has 0 aliphatic heterocycles. The van der Waals surface area contributed by atoms with Crippen LogP contribution in [0.1, 0.15) is 13.8 Å². The lowest BCUT2D eigenvalue weighted by atomic mass is 10.1. The van der Waals surface area contributed by atoms with E-state index in [1.165, 1.54) is 0 Å². The van der Waals surface area contributed by atoms with Gasteiger partial charge < -0.3 is 10.6 Å². The fraction of sp³-hybridized carbons (Fsp3) is 0.417. The average molecular weight is 269 g/mol. The van der Waals surface area contributed by atoms with Gasteiger partial charge in [0.25, 0.3) is 5.69 Å². The van der Waals surface area contributed by atoms with Crippen molar-refractivity contribution in [2.24, 2.45) is 5.92 Å². The number of nitrogens with one attached hydrogen (secondary N) is 2. The normalized spacial score (nSPS) is 11.9. The third-order valence-electron chi connectivity index (χ3n) is 2.51. The number of nitro benzene ring substituents is 1. The van der Waals surface area contributed by atoms with Crippen molar-refractivity contribution in [1.82, 2.24) is 5.32 Å². The van der Waals surface area contributed by atoms with Crippen molar-refractivity contribution in [3.8, 4) is 0 Å². The van der Waals surface area contributed by atoms with Crippen LogP contribution in [0.5, 0.6) is 0 Å². The van der Waals surface area contributed by atoms with Crippen LogP contribution in [-0.4, -0.2) is 23.9 Å². The van der Waals surface area contributed by atoms with Crippen LogP contribution >= 0.6 is 0 Å². The third kappa shape index (κ3) is 4.63. The standard InChI is InChI=1S/C12H16FN3O3/c1-3-14-7-8(2)12(17)15-10-4-9(13)5-11(6-10)16(18)19/h4-6,8,14H,3,7H2,1-2H3,(H,15,17). The number of carbonyl (C=O) groups is 1. The maximum atomic E-state index is 13.2. The molecule has 6 nitrogen and oxygen atoms in total. The molecule has 104 valence electrons. The minimum atomic E-state index is -0.760. The van der Waals surface area contributed by atoms with E-state index in [0.29, 0.717) is 6.54 Å². The lowest BCUT2D eigenvalue weighted by Gasteiger charge is -2.12. The molecule has 0 fully saturated rings. The van der Waals surface area contributed by atoms with Gasteiger partial charge in [0.05, 0.1) is 16.7 Å². The molecule has 7 heteroatoms. The van der Waals surface area contributed by atoms with Crippen molar-refractivity contribution >= 4 is 17.3 Å². The number of nitrogens with zero attached hydrogens (tertiary/aromatic N) is 1. The SMILES string of the molecule is CCNCC(C)C(=O)Nc1cc(F)cc([N+](=O)[O-])c1. The van der Waals surface area contributed by atoms with E-state index in [1.54, 1.807) is 6.92 Å². The predicted molar refractivity (Wildman–Crippen MR) is 69.4 cm³/mol. The summed E-state index contributed by atoms with van der Waals surface area (Å²) in [7, 11) is 0. The summed E-state index contributed by atoms with van der Waals surface area (Å²) in [6.45, 7) is 4.86. The minimum absolute atomic E-state index is 0.0834. The molecule has 2 N–H and O–H groups in total. The first kappa shape index (κ1) is 15.0. The number of benzene rings is 1. The van der Waals surface area contributed by atoms with Crippen LogP contribution in [0.25, 0.3) is 0 Å². The fourth-order valence-electron chi connectivity index (χ4n) is 1.47. The topological polar surface area (TPSA) is 84.3 Å². The van der Waals surface area contributed by atoms with Gasteiger partial charge >= 0.3 is 0 Å². The van der Waals surface area contributed by atoms with E-state index in [1.807, 2.05) is 6.92 Å². The van der Waals surface area contributed by atoms with E-state index in [-0.39, 0.29) is 17.5 Å². The Morgan fingerprint density at radius 1 is 1.47 bits per heavy atom. The summed E-state index contributed by atoms with van der Waals surface area (Å²) in [5.74, 6) is -1.40. The number of amides is 1. The summed E-state index contributed by atoms with van der Waals surface area (Å²) < 4.78 is 13.2. The molecule has 0 spiro atoms. The van der Waals surface area contributed by atoms with Crippen molar-refractivity contribution in [1.29, 1.82) is 0 Å². The molecule has 0 bridgehead atoms. The first-order valence-corrected chi connectivity index (χ1v) is 5.90. The highest BCUT2D eigenvalue weighted by Crippen LogP contribution is 2.20. The highest BCUT2D eigenvalue weighted by Gasteiger charge is 2.15. The van der Waals surface area contributed by atoms with E-state index < -0.39 is 16.4 Å². The molecule has 0 aliphatic carbocycles. The molecule has 1 atom stereocenters. The summed E-state index contributed by atoms with van der Waals surface area (Å²) in [5, 5.41) is 16.1. The molecule has 0 saturated heterocycles. The second kappa shape index (κ2) is 6.79. The molecule has 0 radical (unpaired) electrons. The zero-order valence-electron chi connectivity index (χ0n) is 10.8. The van der Waals surface area contributed by atoms with Crippen molar-refractivity contribution in [2.45, 2.75) is 13.8 Å². The Morgan fingerprint density at radius 3 is 2.74 bits per heavy atom. The van der Waals surface area contributed by atoms with Gasteiger partial charge in [0.2, 0.25) is 5.91 Å². The van der Waals surface area contributed by atoms with Crippen LogP contribution in [0.15, 0.2) is 18.2 Å². The summed E-state index contributed by atoms with van der Waals surface area (Å²) in [6.07, 6.45) is 0. The molecule has 0 aromatic heterocycles. The number of hydrogen-bond acceptors (Lipinski definition) is 4. The number of rotatable bonds is 6. The first-order chi connectivity index (χ1) is 8.93. The van der Waals surface area contributed by atoms with Crippen LogP contribution in [-0.2, 0) is 4.79 Å². The summed E-state index contributed by atoms with van der Waals surface area (Å²) in [5.41, 5.74) is -0.310. The molecule has 0 aliphatic rings. The van der Waals surface area contributed by atoms with Gasteiger partial charge in [-0.25, -0.2) is 4.39 Å². The quantitative estimate of drug-likeness (QED) is 0.610. The third-order valence-corrected chi connectivity index (χ3v) is 2.51. The number of non-ortho nitro benzene ring substituents is 1. The summed E-state index contributed by atoms with van der Waals surface area (Å²) in [6, 6.07) is 2.98. The highest BCUT2D eigenvalue weighted by molar-refractivity contribution is 5.92. The van der Waals surface area contributed by atoms with Gasteiger partial charge in [-0.3, -0.25) is 14.9 Å². The van der Waals surface area contributed by atoms with Gasteiger partial charge in [0.15, 0.2) is 0 Å². The highest BCUT2D eigenvalue weighted by atomic mass is 19.1. The fourth-order valence-corrected chi connectivity index (χ4v) is 1.47. The van der Waals surface area contributed by atoms with Crippen molar-refractivity contribution in [3.63, 3.8) is 0 Å². The van der Waals surface area contributed by atoms with Crippen LogP contribution in [0.4, 0.5) is 15.8 Å². The van der Waals surface area contributed by atoms with Gasteiger partial charge in [-0.2, -0.15) is 0 Å².